The lowest BCUT2D eigenvalue weighted by Crippen LogP contribution is -2.29. The van der Waals surface area contributed by atoms with E-state index < -0.39 is 0 Å². The lowest BCUT2D eigenvalue weighted by Gasteiger charge is -2.22. The lowest BCUT2D eigenvalue weighted by molar-refractivity contribution is 0.343. The first-order chi connectivity index (χ1) is 13.7. The number of halogens is 1. The Morgan fingerprint density at radius 2 is 2.00 bits per heavy atom. The summed E-state index contributed by atoms with van der Waals surface area (Å²) in [6.07, 6.45) is 7.85. The van der Waals surface area contributed by atoms with Crippen LogP contribution in [0.25, 0.3) is 33.7 Å². The molecule has 8 heteroatoms. The van der Waals surface area contributed by atoms with E-state index in [1.54, 1.807) is 18.3 Å². The zero-order chi connectivity index (χ0) is 19.1. The number of hydrogen-bond acceptors (Lipinski definition) is 6. The fourth-order valence-corrected chi connectivity index (χ4v) is 3.74. The molecule has 7 nitrogen and oxygen atoms in total. The van der Waals surface area contributed by atoms with Crippen LogP contribution in [-0.2, 0) is 0 Å². The normalized spacial score (nSPS) is 15.3. The number of piperidine rings is 1. The molecule has 0 atom stereocenters. The summed E-state index contributed by atoms with van der Waals surface area (Å²) < 4.78 is 7.91. The molecule has 0 radical (unpaired) electrons. The summed E-state index contributed by atoms with van der Waals surface area (Å²) in [6, 6.07) is 7.71. The number of nitrogens with one attached hydrogen (secondary N) is 1. The van der Waals surface area contributed by atoms with Crippen LogP contribution < -0.4 is 11.1 Å². The van der Waals surface area contributed by atoms with Gasteiger partial charge in [-0.2, -0.15) is 5.10 Å². The summed E-state index contributed by atoms with van der Waals surface area (Å²) in [6.45, 7) is 2.05. The molecule has 1 saturated heterocycles. The van der Waals surface area contributed by atoms with Crippen LogP contribution in [0.15, 0.2) is 47.3 Å². The zero-order valence-corrected chi connectivity index (χ0v) is 15.9. The van der Waals surface area contributed by atoms with E-state index in [2.05, 4.69) is 26.6 Å². The van der Waals surface area contributed by atoms with Crippen molar-refractivity contribution in [2.75, 3.05) is 18.8 Å². The highest BCUT2D eigenvalue weighted by Crippen LogP contribution is 2.32. The van der Waals surface area contributed by atoms with E-state index in [-0.39, 0.29) is 0 Å². The third-order valence-corrected chi connectivity index (χ3v) is 5.35. The summed E-state index contributed by atoms with van der Waals surface area (Å²) in [5, 5.41) is 8.54. The van der Waals surface area contributed by atoms with Gasteiger partial charge in [-0.05, 0) is 44.1 Å². The van der Waals surface area contributed by atoms with Gasteiger partial charge in [-0.15, -0.1) is 0 Å². The van der Waals surface area contributed by atoms with E-state index in [1.165, 1.54) is 0 Å². The van der Waals surface area contributed by atoms with Gasteiger partial charge in [-0.1, -0.05) is 11.6 Å². The molecule has 1 aliphatic heterocycles. The van der Waals surface area contributed by atoms with Crippen LogP contribution in [-0.4, -0.2) is 32.8 Å². The molecule has 4 heterocycles. The van der Waals surface area contributed by atoms with Crippen molar-refractivity contribution in [3.05, 3.63) is 47.9 Å². The minimum atomic E-state index is 0.368. The van der Waals surface area contributed by atoms with Gasteiger partial charge in [0.1, 0.15) is 11.3 Å². The van der Waals surface area contributed by atoms with Crippen molar-refractivity contribution in [2.45, 2.75) is 18.9 Å². The average molecular weight is 395 g/mol. The fourth-order valence-electron chi connectivity index (χ4n) is 3.58. The van der Waals surface area contributed by atoms with Crippen molar-refractivity contribution >= 4 is 28.5 Å². The molecule has 1 fully saturated rings. The average Bonchev–Trinajstić information content (AvgIpc) is 3.36. The molecule has 0 bridgehead atoms. The predicted molar refractivity (Wildman–Crippen MR) is 109 cm³/mol. The topological polar surface area (TPSA) is 94.8 Å². The Balaban J connectivity index is 1.51. The molecule has 1 aromatic carbocycles. The van der Waals surface area contributed by atoms with E-state index in [0.29, 0.717) is 33.9 Å². The Bertz CT molecular complexity index is 1140. The number of oxazole rings is 1. The molecule has 3 aromatic heterocycles. The first-order valence-electron chi connectivity index (χ1n) is 9.24. The van der Waals surface area contributed by atoms with Crippen molar-refractivity contribution in [1.29, 1.82) is 0 Å². The van der Waals surface area contributed by atoms with E-state index in [9.17, 15) is 0 Å². The van der Waals surface area contributed by atoms with Gasteiger partial charge in [-0.25, -0.2) is 9.97 Å². The Kier molecular flexibility index (Phi) is 4.26. The van der Waals surface area contributed by atoms with Crippen LogP contribution >= 0.6 is 11.6 Å². The summed E-state index contributed by atoms with van der Waals surface area (Å²) in [5.74, 6) is 0.794. The second-order valence-corrected chi connectivity index (χ2v) is 7.41. The van der Waals surface area contributed by atoms with Crippen LogP contribution in [0.2, 0.25) is 5.02 Å². The second-order valence-electron chi connectivity index (χ2n) is 6.98. The molecular formula is C20H19ClN6O. The van der Waals surface area contributed by atoms with Gasteiger partial charge < -0.3 is 15.5 Å². The third-order valence-electron chi connectivity index (χ3n) is 5.12. The van der Waals surface area contributed by atoms with E-state index >= 15 is 0 Å². The first-order valence-corrected chi connectivity index (χ1v) is 9.62. The summed E-state index contributed by atoms with van der Waals surface area (Å²) in [7, 11) is 0. The molecule has 4 aromatic rings. The first kappa shape index (κ1) is 17.2. The smallest absolute Gasteiger partial charge is 0.231 e. The number of benzene rings is 1. The van der Waals surface area contributed by atoms with Gasteiger partial charge in [0, 0.05) is 34.6 Å². The Morgan fingerprint density at radius 3 is 2.86 bits per heavy atom. The fraction of sp³-hybridized carbons (Fsp3) is 0.250. The number of nitrogens with two attached hydrogens (primary N) is 1. The molecule has 28 heavy (non-hydrogen) atoms. The predicted octanol–water partition coefficient (Wildman–Crippen LogP) is 3.91. The number of nitrogens with zero attached hydrogens (tertiary/aromatic N) is 4. The summed E-state index contributed by atoms with van der Waals surface area (Å²) in [4.78, 5) is 8.87. The van der Waals surface area contributed by atoms with Crippen molar-refractivity contribution < 1.29 is 4.42 Å². The molecule has 0 spiro atoms. The van der Waals surface area contributed by atoms with Crippen LogP contribution in [0, 0.1) is 0 Å². The minimum Gasteiger partial charge on any atom is -0.436 e. The van der Waals surface area contributed by atoms with Gasteiger partial charge in [-0.3, -0.25) is 4.68 Å². The SMILES string of the molecule is Nc1ncc(-c2cnn(C3CCNCC3)c2)cc1-c1nc2ccc(Cl)cc2o1. The van der Waals surface area contributed by atoms with E-state index in [1.807, 2.05) is 23.0 Å². The molecule has 0 saturated carbocycles. The number of hydrogen-bond donors (Lipinski definition) is 2. The molecule has 142 valence electrons. The van der Waals surface area contributed by atoms with Crippen molar-refractivity contribution in [1.82, 2.24) is 25.1 Å². The number of rotatable bonds is 3. The van der Waals surface area contributed by atoms with Crippen molar-refractivity contribution in [2.24, 2.45) is 0 Å². The van der Waals surface area contributed by atoms with Gasteiger partial charge in [0.15, 0.2) is 5.58 Å². The summed E-state index contributed by atoms with van der Waals surface area (Å²) in [5.41, 5.74) is 10.0. The van der Waals surface area contributed by atoms with Crippen molar-refractivity contribution in [3.8, 4) is 22.6 Å². The largest absolute Gasteiger partial charge is 0.436 e. The highest BCUT2D eigenvalue weighted by Gasteiger charge is 2.18. The number of pyridine rings is 1. The van der Waals surface area contributed by atoms with Gasteiger partial charge in [0.2, 0.25) is 5.89 Å². The quantitative estimate of drug-likeness (QED) is 0.547. The second kappa shape index (κ2) is 6.92. The maximum atomic E-state index is 6.11. The summed E-state index contributed by atoms with van der Waals surface area (Å²) >= 11 is 6.04. The van der Waals surface area contributed by atoms with E-state index in [0.717, 1.165) is 42.6 Å². The minimum absolute atomic E-state index is 0.368. The molecule has 5 rings (SSSR count). The molecule has 3 N–H and O–H groups in total. The monoisotopic (exact) mass is 394 g/mol. The van der Waals surface area contributed by atoms with Gasteiger partial charge >= 0.3 is 0 Å². The van der Waals surface area contributed by atoms with Gasteiger partial charge in [0.25, 0.3) is 0 Å². The number of fused-ring (bicyclic) bond motifs is 1. The number of nitrogen functional groups attached to an aromatic ring is 1. The maximum Gasteiger partial charge on any atom is 0.231 e. The van der Waals surface area contributed by atoms with Crippen LogP contribution in [0.4, 0.5) is 5.82 Å². The van der Waals surface area contributed by atoms with Crippen LogP contribution in [0.1, 0.15) is 18.9 Å². The molecule has 0 unspecified atom stereocenters. The number of anilines is 1. The Morgan fingerprint density at radius 1 is 1.14 bits per heavy atom. The third kappa shape index (κ3) is 3.12. The van der Waals surface area contributed by atoms with Crippen molar-refractivity contribution in [3.63, 3.8) is 0 Å². The highest BCUT2D eigenvalue weighted by atomic mass is 35.5. The molecular weight excluding hydrogens is 376 g/mol. The van der Waals surface area contributed by atoms with Gasteiger partial charge in [0.05, 0.1) is 17.8 Å². The zero-order valence-electron chi connectivity index (χ0n) is 15.1. The standard InChI is InChI=1S/C20H19ClN6O/c21-14-1-2-17-18(8-14)28-20(26-17)16-7-12(9-24-19(16)22)13-10-25-27(11-13)15-3-5-23-6-4-15/h1-2,7-11,15,23H,3-6H2,(H2,22,24). The van der Waals surface area contributed by atoms with Crippen LogP contribution in [0.3, 0.4) is 0 Å². The molecule has 1 aliphatic rings. The van der Waals surface area contributed by atoms with E-state index in [4.69, 9.17) is 21.8 Å². The molecule has 0 amide bonds. The van der Waals surface area contributed by atoms with Crippen LogP contribution in [0.5, 0.6) is 0 Å². The Labute approximate surface area is 166 Å². The Hall–Kier alpha value is -2.90. The molecule has 0 aliphatic carbocycles. The number of aromatic nitrogens is 4. The highest BCUT2D eigenvalue weighted by molar-refractivity contribution is 6.31. The maximum absolute atomic E-state index is 6.11. The lowest BCUT2D eigenvalue weighted by atomic mass is 10.1.